The molecule has 6 nitrogen and oxygen atoms in total. The summed E-state index contributed by atoms with van der Waals surface area (Å²) in [6.07, 6.45) is 1.58. The summed E-state index contributed by atoms with van der Waals surface area (Å²) in [4.78, 5) is 31.5. The number of hydrogen-bond donors (Lipinski definition) is 1. The van der Waals surface area contributed by atoms with E-state index in [1.165, 1.54) is 12.1 Å². The number of likely N-dealkylation sites (tertiary alicyclic amines) is 1. The Labute approximate surface area is 187 Å². The van der Waals surface area contributed by atoms with Crippen LogP contribution in [0.1, 0.15) is 25.3 Å². The number of benzene rings is 1. The summed E-state index contributed by atoms with van der Waals surface area (Å²) in [7, 11) is 0. The first kappa shape index (κ1) is 21.9. The van der Waals surface area contributed by atoms with E-state index >= 15 is 0 Å². The van der Waals surface area contributed by atoms with Gasteiger partial charge in [0.25, 0.3) is 0 Å². The summed E-state index contributed by atoms with van der Waals surface area (Å²) in [5.74, 6) is -0.402. The summed E-state index contributed by atoms with van der Waals surface area (Å²) in [6, 6.07) is 10.3. The summed E-state index contributed by atoms with van der Waals surface area (Å²) in [6.45, 7) is 2.44. The van der Waals surface area contributed by atoms with Crippen LogP contribution in [-0.4, -0.2) is 40.6 Å². The SMILES string of the molecule is CCOC(=O)C1(Cc2ccc(Br)cc2)CCCN1C(=O)Nc1cc(Cl)nc(Cl)c1. The van der Waals surface area contributed by atoms with Crippen molar-refractivity contribution in [3.63, 3.8) is 0 Å². The smallest absolute Gasteiger partial charge is 0.332 e. The normalized spacial score (nSPS) is 18.6. The lowest BCUT2D eigenvalue weighted by Gasteiger charge is -2.36. The molecule has 0 aliphatic carbocycles. The van der Waals surface area contributed by atoms with Gasteiger partial charge in [-0.3, -0.25) is 0 Å². The van der Waals surface area contributed by atoms with Gasteiger partial charge < -0.3 is 15.0 Å². The molecule has 1 aliphatic rings. The number of carbonyl (C=O) groups excluding carboxylic acids is 2. The Balaban J connectivity index is 1.90. The van der Waals surface area contributed by atoms with Crippen molar-refractivity contribution < 1.29 is 14.3 Å². The fourth-order valence-electron chi connectivity index (χ4n) is 3.58. The number of anilines is 1. The van der Waals surface area contributed by atoms with Crippen LogP contribution in [0.4, 0.5) is 10.5 Å². The van der Waals surface area contributed by atoms with Crippen LogP contribution in [0.25, 0.3) is 0 Å². The van der Waals surface area contributed by atoms with Gasteiger partial charge in [-0.25, -0.2) is 14.6 Å². The molecular weight excluding hydrogens is 481 g/mol. The standard InChI is InChI=1S/C20H20BrCl2N3O3/c1-2-29-18(27)20(12-13-4-6-14(21)7-5-13)8-3-9-26(20)19(28)24-15-10-16(22)25-17(23)11-15/h4-7,10-11H,2-3,8-9,12H2,1H3,(H,24,25,28). The van der Waals surface area contributed by atoms with Crippen LogP contribution in [0.15, 0.2) is 40.9 Å². The van der Waals surface area contributed by atoms with Crippen LogP contribution >= 0.6 is 39.1 Å². The van der Waals surface area contributed by atoms with Crippen molar-refractivity contribution in [2.45, 2.75) is 31.7 Å². The van der Waals surface area contributed by atoms with Crippen LogP contribution in [-0.2, 0) is 16.0 Å². The molecular formula is C20H20BrCl2N3O3. The Hall–Kier alpha value is -1.83. The molecule has 0 saturated carbocycles. The first-order valence-electron chi connectivity index (χ1n) is 9.17. The van der Waals surface area contributed by atoms with E-state index in [1.54, 1.807) is 11.8 Å². The molecule has 1 saturated heterocycles. The predicted octanol–water partition coefficient (Wildman–Crippen LogP) is 5.32. The maximum absolute atomic E-state index is 13.1. The lowest BCUT2D eigenvalue weighted by Crippen LogP contribution is -2.56. The Morgan fingerprint density at radius 2 is 1.90 bits per heavy atom. The van der Waals surface area contributed by atoms with Gasteiger partial charge in [0, 0.05) is 23.1 Å². The number of nitrogens with zero attached hydrogens (tertiary/aromatic N) is 2. The fourth-order valence-corrected chi connectivity index (χ4v) is 4.30. The summed E-state index contributed by atoms with van der Waals surface area (Å²) < 4.78 is 6.32. The molecule has 1 unspecified atom stereocenters. The summed E-state index contributed by atoms with van der Waals surface area (Å²) in [5, 5.41) is 3.11. The van der Waals surface area contributed by atoms with E-state index in [0.717, 1.165) is 10.0 Å². The number of nitrogens with one attached hydrogen (secondary N) is 1. The monoisotopic (exact) mass is 499 g/mol. The average molecular weight is 501 g/mol. The number of halogens is 3. The molecule has 1 aliphatic heterocycles. The molecule has 2 aromatic rings. The van der Waals surface area contributed by atoms with Crippen molar-refractivity contribution >= 4 is 56.8 Å². The molecule has 0 radical (unpaired) electrons. The van der Waals surface area contributed by atoms with Crippen molar-refractivity contribution in [3.05, 3.63) is 56.7 Å². The third-order valence-corrected chi connectivity index (χ3v) is 5.73. The average Bonchev–Trinajstić information content (AvgIpc) is 3.08. The minimum atomic E-state index is -1.07. The Bertz CT molecular complexity index is 890. The number of carbonyl (C=O) groups is 2. The molecule has 1 aromatic heterocycles. The van der Waals surface area contributed by atoms with E-state index in [2.05, 4.69) is 26.2 Å². The zero-order valence-corrected chi connectivity index (χ0v) is 18.9. The predicted molar refractivity (Wildman–Crippen MR) is 116 cm³/mol. The zero-order chi connectivity index (χ0) is 21.0. The first-order valence-corrected chi connectivity index (χ1v) is 10.7. The van der Waals surface area contributed by atoms with Crippen molar-refractivity contribution in [3.8, 4) is 0 Å². The lowest BCUT2D eigenvalue weighted by atomic mass is 9.88. The second kappa shape index (κ2) is 9.32. The Kier molecular flexibility index (Phi) is 7.03. The molecule has 2 heterocycles. The van der Waals surface area contributed by atoms with E-state index in [1.807, 2.05) is 24.3 Å². The van der Waals surface area contributed by atoms with E-state index in [4.69, 9.17) is 27.9 Å². The number of amides is 2. The third-order valence-electron chi connectivity index (χ3n) is 4.81. The molecule has 1 N–H and O–H groups in total. The molecule has 3 rings (SSSR count). The first-order chi connectivity index (χ1) is 13.8. The fraction of sp³-hybridized carbons (Fsp3) is 0.350. The van der Waals surface area contributed by atoms with Crippen LogP contribution < -0.4 is 5.32 Å². The molecule has 29 heavy (non-hydrogen) atoms. The Morgan fingerprint density at radius 1 is 1.24 bits per heavy atom. The second-order valence-electron chi connectivity index (χ2n) is 6.74. The highest BCUT2D eigenvalue weighted by atomic mass is 79.9. The Morgan fingerprint density at radius 3 is 2.52 bits per heavy atom. The van der Waals surface area contributed by atoms with Crippen molar-refractivity contribution in [1.29, 1.82) is 0 Å². The van der Waals surface area contributed by atoms with Crippen molar-refractivity contribution in [2.75, 3.05) is 18.5 Å². The van der Waals surface area contributed by atoms with Gasteiger partial charge in [-0.2, -0.15) is 0 Å². The van der Waals surface area contributed by atoms with Gasteiger partial charge in [-0.05, 0) is 49.6 Å². The van der Waals surface area contributed by atoms with E-state index < -0.39 is 17.5 Å². The van der Waals surface area contributed by atoms with Crippen molar-refractivity contribution in [1.82, 2.24) is 9.88 Å². The van der Waals surface area contributed by atoms with Gasteiger partial charge in [0.1, 0.15) is 15.8 Å². The van der Waals surface area contributed by atoms with E-state index in [0.29, 0.717) is 31.5 Å². The van der Waals surface area contributed by atoms with Gasteiger partial charge >= 0.3 is 12.0 Å². The number of rotatable bonds is 5. The van der Waals surface area contributed by atoms with Gasteiger partial charge in [0.15, 0.2) is 0 Å². The molecule has 1 atom stereocenters. The number of hydrogen-bond acceptors (Lipinski definition) is 4. The van der Waals surface area contributed by atoms with Gasteiger partial charge in [0.05, 0.1) is 6.61 Å². The van der Waals surface area contributed by atoms with Gasteiger partial charge in [-0.15, -0.1) is 0 Å². The highest BCUT2D eigenvalue weighted by Crippen LogP contribution is 2.35. The number of ether oxygens (including phenoxy) is 1. The number of esters is 1. The van der Waals surface area contributed by atoms with Gasteiger partial charge in [0.2, 0.25) is 0 Å². The highest BCUT2D eigenvalue weighted by molar-refractivity contribution is 9.10. The quantitative estimate of drug-likeness (QED) is 0.445. The number of aromatic nitrogens is 1. The summed E-state index contributed by atoms with van der Waals surface area (Å²) >= 11 is 15.3. The number of urea groups is 1. The van der Waals surface area contributed by atoms with Crippen LogP contribution in [0, 0.1) is 0 Å². The maximum Gasteiger partial charge on any atom is 0.332 e. The molecule has 0 bridgehead atoms. The summed E-state index contributed by atoms with van der Waals surface area (Å²) in [5.41, 5.74) is 0.276. The molecule has 9 heteroatoms. The maximum atomic E-state index is 13.1. The van der Waals surface area contributed by atoms with Crippen LogP contribution in [0.5, 0.6) is 0 Å². The topological polar surface area (TPSA) is 71.5 Å². The largest absolute Gasteiger partial charge is 0.464 e. The van der Waals surface area contributed by atoms with Gasteiger partial charge in [-0.1, -0.05) is 51.3 Å². The zero-order valence-electron chi connectivity index (χ0n) is 15.8. The molecule has 154 valence electrons. The highest BCUT2D eigenvalue weighted by Gasteiger charge is 2.51. The third kappa shape index (κ3) is 5.02. The molecule has 2 amide bonds. The van der Waals surface area contributed by atoms with E-state index in [9.17, 15) is 9.59 Å². The minimum absolute atomic E-state index is 0.167. The molecule has 0 spiro atoms. The molecule has 1 fully saturated rings. The second-order valence-corrected chi connectivity index (χ2v) is 8.43. The molecule has 1 aromatic carbocycles. The van der Waals surface area contributed by atoms with E-state index in [-0.39, 0.29) is 16.9 Å². The number of pyridine rings is 1. The van der Waals surface area contributed by atoms with Crippen LogP contribution in [0.2, 0.25) is 10.3 Å². The lowest BCUT2D eigenvalue weighted by molar-refractivity contribution is -0.154. The minimum Gasteiger partial charge on any atom is -0.464 e. The van der Waals surface area contributed by atoms with Crippen molar-refractivity contribution in [2.24, 2.45) is 0 Å². The van der Waals surface area contributed by atoms with Crippen LogP contribution in [0.3, 0.4) is 0 Å².